The van der Waals surface area contributed by atoms with Crippen LogP contribution in [0, 0.1) is 9.49 Å². The first-order valence-corrected chi connectivity index (χ1v) is 10.3. The normalized spacial score (nSPS) is 18.2. The van der Waals surface area contributed by atoms with Gasteiger partial charge < -0.3 is 14.2 Å². The van der Waals surface area contributed by atoms with Crippen LogP contribution in [0.4, 0.5) is 5.69 Å². The van der Waals surface area contributed by atoms with E-state index in [0.717, 1.165) is 18.8 Å². The fourth-order valence-electron chi connectivity index (χ4n) is 2.83. The van der Waals surface area contributed by atoms with Crippen LogP contribution in [0.3, 0.4) is 0 Å². The minimum atomic E-state index is -2.42. The zero-order valence-electron chi connectivity index (χ0n) is 14.4. The van der Waals surface area contributed by atoms with Crippen molar-refractivity contribution in [3.63, 3.8) is 0 Å². The molecule has 1 aliphatic heterocycles. The van der Waals surface area contributed by atoms with E-state index in [9.17, 15) is 13.6 Å². The molecule has 0 saturated carbocycles. The van der Waals surface area contributed by atoms with Gasteiger partial charge in [0.2, 0.25) is 0 Å². The number of benzene rings is 1. The zero-order valence-corrected chi connectivity index (χ0v) is 17.4. The van der Waals surface area contributed by atoms with Gasteiger partial charge in [0.15, 0.2) is 0 Å². The molecular weight excluding hydrogens is 457 g/mol. The first-order valence-electron chi connectivity index (χ1n) is 8.16. The molecule has 0 spiro atoms. The number of carbonyl (C=O) groups excluding carboxylic acids is 1. The Morgan fingerprint density at radius 2 is 1.92 bits per heavy atom. The molecule has 1 aromatic carbocycles. The third kappa shape index (κ3) is 5.61. The molecule has 0 amide bonds. The number of rotatable bonds is 7. The Labute approximate surface area is 164 Å². The van der Waals surface area contributed by atoms with Gasteiger partial charge in [-0.15, -0.1) is 0 Å². The first-order chi connectivity index (χ1) is 12.0. The molecule has 1 aromatic rings. The van der Waals surface area contributed by atoms with Crippen LogP contribution in [0.5, 0.6) is 0 Å². The van der Waals surface area contributed by atoms with Crippen molar-refractivity contribution in [3.05, 3.63) is 27.8 Å². The monoisotopic (exact) mass is 480 g/mol. The van der Waals surface area contributed by atoms with Crippen LogP contribution < -0.4 is 4.90 Å². The van der Waals surface area contributed by atoms with Crippen LogP contribution >= 0.6 is 22.6 Å². The van der Waals surface area contributed by atoms with Crippen molar-refractivity contribution in [2.24, 2.45) is 5.92 Å². The Kier molecular flexibility index (Phi) is 8.07. The molecule has 9 heteroatoms. The third-order valence-electron chi connectivity index (χ3n) is 4.34. The van der Waals surface area contributed by atoms with Crippen LogP contribution in [-0.2, 0) is 20.8 Å². The van der Waals surface area contributed by atoms with Crippen molar-refractivity contribution in [1.29, 1.82) is 0 Å². The number of anilines is 1. The largest absolute Gasteiger partial charge is 0.759 e. The van der Waals surface area contributed by atoms with Crippen molar-refractivity contribution >= 4 is 45.5 Å². The van der Waals surface area contributed by atoms with Gasteiger partial charge in [-0.2, -0.15) is 4.41 Å². The third-order valence-corrected chi connectivity index (χ3v) is 5.78. The summed E-state index contributed by atoms with van der Waals surface area (Å²) < 4.78 is 30.5. The molecular formula is C16H23IN3O4S-. The van der Waals surface area contributed by atoms with E-state index in [1.54, 1.807) is 5.01 Å². The Balaban J connectivity index is 1.98. The maximum absolute atomic E-state index is 11.8. The first kappa shape index (κ1) is 20.6. The predicted octanol–water partition coefficient (Wildman–Crippen LogP) is 1.62. The van der Waals surface area contributed by atoms with Gasteiger partial charge in [0.25, 0.3) is 0 Å². The lowest BCUT2D eigenvalue weighted by molar-refractivity contribution is -0.146. The highest BCUT2D eigenvalue weighted by Gasteiger charge is 2.28. The molecule has 2 unspecified atom stereocenters. The second-order valence-electron chi connectivity index (χ2n) is 5.80. The number of hydrogen-bond acceptors (Lipinski definition) is 6. The van der Waals surface area contributed by atoms with Crippen LogP contribution in [0.15, 0.2) is 24.3 Å². The molecule has 2 atom stereocenters. The molecule has 1 aliphatic rings. The summed E-state index contributed by atoms with van der Waals surface area (Å²) in [6, 6.07) is 8.27. The summed E-state index contributed by atoms with van der Waals surface area (Å²) in [5, 5.41) is 1.79. The molecule has 1 saturated heterocycles. The van der Waals surface area contributed by atoms with Gasteiger partial charge in [-0.3, -0.25) is 9.00 Å². The number of esters is 1. The lowest BCUT2D eigenvalue weighted by Crippen LogP contribution is -2.55. The van der Waals surface area contributed by atoms with Gasteiger partial charge in [0, 0.05) is 53.2 Å². The number of ether oxygens (including phenoxy) is 1. The molecule has 0 N–H and O–H groups in total. The predicted molar refractivity (Wildman–Crippen MR) is 104 cm³/mol. The number of nitrogens with zero attached hydrogens (tertiary/aromatic N) is 3. The number of methoxy groups -OCH3 is 1. The van der Waals surface area contributed by atoms with E-state index in [2.05, 4.69) is 51.8 Å². The Morgan fingerprint density at radius 3 is 2.40 bits per heavy atom. The van der Waals surface area contributed by atoms with Gasteiger partial charge in [-0.05, 0) is 53.3 Å². The molecule has 0 bridgehead atoms. The highest BCUT2D eigenvalue weighted by atomic mass is 127. The highest BCUT2D eigenvalue weighted by Crippen LogP contribution is 2.20. The van der Waals surface area contributed by atoms with Crippen LogP contribution in [-0.4, -0.2) is 64.0 Å². The molecule has 0 radical (unpaired) electrons. The number of hydrogen-bond donors (Lipinski definition) is 0. The van der Waals surface area contributed by atoms with Gasteiger partial charge in [-0.25, -0.2) is 5.01 Å². The highest BCUT2D eigenvalue weighted by molar-refractivity contribution is 14.1. The van der Waals surface area contributed by atoms with Gasteiger partial charge >= 0.3 is 5.97 Å². The average Bonchev–Trinajstić information content (AvgIpc) is 2.62. The SMILES string of the molecule is CCC(CN(N1CCN(c2ccc(I)cc2)CC1)S(=O)[O-])C(=O)OC. The van der Waals surface area contributed by atoms with Gasteiger partial charge in [-0.1, -0.05) is 6.92 Å². The van der Waals surface area contributed by atoms with E-state index in [1.165, 1.54) is 15.1 Å². The molecule has 0 aliphatic carbocycles. The average molecular weight is 480 g/mol. The maximum Gasteiger partial charge on any atom is 0.310 e. The van der Waals surface area contributed by atoms with Crippen molar-refractivity contribution in [2.45, 2.75) is 13.3 Å². The van der Waals surface area contributed by atoms with Crippen LogP contribution in [0.2, 0.25) is 0 Å². The Morgan fingerprint density at radius 1 is 1.32 bits per heavy atom. The molecule has 140 valence electrons. The lowest BCUT2D eigenvalue weighted by atomic mass is 10.1. The molecule has 2 rings (SSSR count). The smallest absolute Gasteiger partial charge is 0.310 e. The summed E-state index contributed by atoms with van der Waals surface area (Å²) in [5.74, 6) is -0.840. The van der Waals surface area contributed by atoms with E-state index in [0.29, 0.717) is 19.5 Å². The summed E-state index contributed by atoms with van der Waals surface area (Å²) in [6.07, 6.45) is 0.531. The molecule has 1 heterocycles. The van der Waals surface area contributed by atoms with Crippen molar-refractivity contribution in [3.8, 4) is 0 Å². The van der Waals surface area contributed by atoms with E-state index >= 15 is 0 Å². The van der Waals surface area contributed by atoms with E-state index < -0.39 is 17.2 Å². The zero-order chi connectivity index (χ0) is 18.4. The second kappa shape index (κ2) is 9.81. The minimum Gasteiger partial charge on any atom is -0.759 e. The number of carbonyl (C=O) groups is 1. The van der Waals surface area contributed by atoms with Crippen LogP contribution in [0.25, 0.3) is 0 Å². The van der Waals surface area contributed by atoms with Crippen molar-refractivity contribution in [1.82, 2.24) is 9.42 Å². The second-order valence-corrected chi connectivity index (χ2v) is 7.90. The molecule has 1 fully saturated rings. The van der Waals surface area contributed by atoms with Gasteiger partial charge in [0.1, 0.15) is 0 Å². The van der Waals surface area contributed by atoms with E-state index in [1.807, 2.05) is 6.92 Å². The van der Waals surface area contributed by atoms with Gasteiger partial charge in [0.05, 0.1) is 13.0 Å². The number of halogens is 1. The number of piperazine rings is 1. The van der Waals surface area contributed by atoms with Crippen molar-refractivity contribution < 1.29 is 18.3 Å². The fraction of sp³-hybridized carbons (Fsp3) is 0.562. The maximum atomic E-state index is 11.8. The fourth-order valence-corrected chi connectivity index (χ4v) is 3.84. The van der Waals surface area contributed by atoms with Crippen LogP contribution in [0.1, 0.15) is 13.3 Å². The lowest BCUT2D eigenvalue weighted by Gasteiger charge is -2.42. The molecule has 25 heavy (non-hydrogen) atoms. The Hall–Kier alpha value is -0.750. The summed E-state index contributed by atoms with van der Waals surface area (Å²) in [7, 11) is 1.32. The summed E-state index contributed by atoms with van der Waals surface area (Å²) in [5.41, 5.74) is 1.14. The Bertz CT molecular complexity index is 594. The van der Waals surface area contributed by atoms with E-state index in [4.69, 9.17) is 4.74 Å². The summed E-state index contributed by atoms with van der Waals surface area (Å²) >= 11 is -0.149. The topological polar surface area (TPSA) is 76.1 Å². The molecule has 0 aromatic heterocycles. The molecule has 7 nitrogen and oxygen atoms in total. The minimum absolute atomic E-state index is 0.114. The number of hydrazine groups is 1. The van der Waals surface area contributed by atoms with Crippen molar-refractivity contribution in [2.75, 3.05) is 44.7 Å². The summed E-state index contributed by atoms with van der Waals surface area (Å²) in [4.78, 5) is 14.0. The standard InChI is InChI=1S/C16H24IN3O4S/c1-3-13(16(21)24-2)12-20(25(22)23)19-10-8-18(9-11-19)15-6-4-14(17)5-7-15/h4-7,13H,3,8-12H2,1-2H3,(H,22,23)/p-1. The quantitative estimate of drug-likeness (QED) is 0.336. The van der Waals surface area contributed by atoms with E-state index in [-0.39, 0.29) is 12.5 Å². The summed E-state index contributed by atoms with van der Waals surface area (Å²) in [6.45, 7) is 4.58.